The predicted octanol–water partition coefficient (Wildman–Crippen LogP) is 2.81. The number of hydrogen-bond acceptors (Lipinski definition) is 3. The van der Waals surface area contributed by atoms with Crippen molar-refractivity contribution in [3.8, 4) is 0 Å². The van der Waals surface area contributed by atoms with Crippen LogP contribution in [-0.4, -0.2) is 37.0 Å². The Morgan fingerprint density at radius 3 is 2.43 bits per heavy atom. The molecule has 1 aromatic carbocycles. The van der Waals surface area contributed by atoms with Crippen LogP contribution in [0.3, 0.4) is 0 Å². The van der Waals surface area contributed by atoms with Crippen molar-refractivity contribution in [2.75, 3.05) is 20.2 Å². The SMILES string of the molecule is CCCCC(=O)N(CCC(=O)OC)CCc1ccccc1. The lowest BCUT2D eigenvalue weighted by Gasteiger charge is -2.22. The van der Waals surface area contributed by atoms with Gasteiger partial charge >= 0.3 is 5.97 Å². The molecule has 1 amide bonds. The zero-order valence-electron chi connectivity index (χ0n) is 13.0. The van der Waals surface area contributed by atoms with Crippen LogP contribution in [0.2, 0.25) is 0 Å². The maximum Gasteiger partial charge on any atom is 0.307 e. The predicted molar refractivity (Wildman–Crippen MR) is 82.9 cm³/mol. The molecule has 116 valence electrons. The normalized spacial score (nSPS) is 10.2. The fourth-order valence-electron chi connectivity index (χ4n) is 2.08. The molecule has 0 unspecified atom stereocenters. The van der Waals surface area contributed by atoms with E-state index in [4.69, 9.17) is 0 Å². The Balaban J connectivity index is 2.53. The first-order chi connectivity index (χ1) is 10.2. The Hall–Kier alpha value is -1.84. The zero-order chi connectivity index (χ0) is 15.5. The summed E-state index contributed by atoms with van der Waals surface area (Å²) in [5.41, 5.74) is 1.20. The van der Waals surface area contributed by atoms with Gasteiger partial charge in [0.1, 0.15) is 0 Å². The fourth-order valence-corrected chi connectivity index (χ4v) is 2.08. The summed E-state index contributed by atoms with van der Waals surface area (Å²) in [5.74, 6) is -0.153. The van der Waals surface area contributed by atoms with Crippen molar-refractivity contribution in [1.82, 2.24) is 4.90 Å². The molecule has 1 rings (SSSR count). The molecule has 0 atom stereocenters. The number of nitrogens with zero attached hydrogens (tertiary/aromatic N) is 1. The Morgan fingerprint density at radius 1 is 1.10 bits per heavy atom. The third kappa shape index (κ3) is 6.93. The highest BCUT2D eigenvalue weighted by molar-refractivity contribution is 5.77. The van der Waals surface area contributed by atoms with Gasteiger partial charge in [-0.25, -0.2) is 0 Å². The summed E-state index contributed by atoms with van der Waals surface area (Å²) < 4.78 is 4.65. The topological polar surface area (TPSA) is 46.6 Å². The number of unbranched alkanes of at least 4 members (excludes halogenated alkanes) is 1. The van der Waals surface area contributed by atoms with Crippen LogP contribution in [0.15, 0.2) is 30.3 Å². The van der Waals surface area contributed by atoms with Crippen LogP contribution in [0.4, 0.5) is 0 Å². The van der Waals surface area contributed by atoms with Gasteiger partial charge in [0.2, 0.25) is 5.91 Å². The minimum Gasteiger partial charge on any atom is -0.469 e. The quantitative estimate of drug-likeness (QED) is 0.657. The minimum atomic E-state index is -0.275. The van der Waals surface area contributed by atoms with Gasteiger partial charge in [0, 0.05) is 19.5 Å². The van der Waals surface area contributed by atoms with Crippen LogP contribution in [0.25, 0.3) is 0 Å². The second-order valence-electron chi connectivity index (χ2n) is 5.05. The van der Waals surface area contributed by atoms with Crippen LogP contribution >= 0.6 is 0 Å². The number of rotatable bonds is 9. The Kier molecular flexibility index (Phi) is 8.17. The van der Waals surface area contributed by atoms with Crippen molar-refractivity contribution >= 4 is 11.9 Å². The maximum absolute atomic E-state index is 12.2. The standard InChI is InChI=1S/C17H25NO3/c1-3-4-10-16(19)18(14-12-17(20)21-2)13-11-15-8-6-5-7-9-15/h5-9H,3-4,10-14H2,1-2H3. The number of carbonyl (C=O) groups is 2. The van der Waals surface area contributed by atoms with Crippen molar-refractivity contribution in [2.45, 2.75) is 39.0 Å². The molecule has 0 fully saturated rings. The molecule has 4 nitrogen and oxygen atoms in total. The molecule has 0 aromatic heterocycles. The molecular weight excluding hydrogens is 266 g/mol. The van der Waals surface area contributed by atoms with Crippen molar-refractivity contribution in [2.24, 2.45) is 0 Å². The van der Waals surface area contributed by atoms with Crippen molar-refractivity contribution in [1.29, 1.82) is 0 Å². The number of carbonyl (C=O) groups excluding carboxylic acids is 2. The van der Waals surface area contributed by atoms with Gasteiger partial charge in [-0.3, -0.25) is 9.59 Å². The average molecular weight is 291 g/mol. The van der Waals surface area contributed by atoms with Gasteiger partial charge in [0.15, 0.2) is 0 Å². The summed E-state index contributed by atoms with van der Waals surface area (Å²) >= 11 is 0. The van der Waals surface area contributed by atoms with Gasteiger partial charge < -0.3 is 9.64 Å². The summed E-state index contributed by atoms with van der Waals surface area (Å²) in [5, 5.41) is 0. The fraction of sp³-hybridized carbons (Fsp3) is 0.529. The molecule has 0 N–H and O–H groups in total. The molecule has 1 aromatic rings. The number of ether oxygens (including phenoxy) is 1. The number of benzene rings is 1. The van der Waals surface area contributed by atoms with Crippen LogP contribution in [0.1, 0.15) is 38.2 Å². The van der Waals surface area contributed by atoms with E-state index in [1.54, 1.807) is 4.90 Å². The Labute approximate surface area is 127 Å². The minimum absolute atomic E-state index is 0.122. The van der Waals surface area contributed by atoms with Crippen molar-refractivity contribution in [3.63, 3.8) is 0 Å². The smallest absolute Gasteiger partial charge is 0.307 e. The van der Waals surface area contributed by atoms with E-state index in [0.29, 0.717) is 19.5 Å². The second kappa shape index (κ2) is 9.97. The number of amides is 1. The van der Waals surface area contributed by atoms with Gasteiger partial charge in [0.25, 0.3) is 0 Å². The van der Waals surface area contributed by atoms with Gasteiger partial charge in [-0.1, -0.05) is 43.7 Å². The molecule has 0 bridgehead atoms. The molecule has 0 saturated carbocycles. The average Bonchev–Trinajstić information content (AvgIpc) is 2.53. The monoisotopic (exact) mass is 291 g/mol. The molecule has 0 aliphatic carbocycles. The van der Waals surface area contributed by atoms with E-state index in [2.05, 4.69) is 23.8 Å². The summed E-state index contributed by atoms with van der Waals surface area (Å²) in [4.78, 5) is 25.2. The lowest BCUT2D eigenvalue weighted by Crippen LogP contribution is -2.34. The summed E-state index contributed by atoms with van der Waals surface area (Å²) in [7, 11) is 1.37. The highest BCUT2D eigenvalue weighted by atomic mass is 16.5. The molecule has 0 heterocycles. The first kappa shape index (κ1) is 17.2. The largest absolute Gasteiger partial charge is 0.469 e. The Bertz CT molecular complexity index is 431. The number of methoxy groups -OCH3 is 1. The van der Waals surface area contributed by atoms with E-state index in [-0.39, 0.29) is 18.3 Å². The summed E-state index contributed by atoms with van der Waals surface area (Å²) in [6.45, 7) is 3.14. The molecule has 0 spiro atoms. The zero-order valence-corrected chi connectivity index (χ0v) is 13.0. The number of hydrogen-bond donors (Lipinski definition) is 0. The summed E-state index contributed by atoms with van der Waals surface area (Å²) in [6.07, 6.45) is 3.49. The molecule has 21 heavy (non-hydrogen) atoms. The molecular formula is C17H25NO3. The Morgan fingerprint density at radius 2 is 1.81 bits per heavy atom. The lowest BCUT2D eigenvalue weighted by molar-refractivity contribution is -0.141. The third-order valence-corrected chi connectivity index (χ3v) is 3.42. The van der Waals surface area contributed by atoms with Crippen LogP contribution in [-0.2, 0) is 20.7 Å². The van der Waals surface area contributed by atoms with Crippen molar-refractivity contribution < 1.29 is 14.3 Å². The van der Waals surface area contributed by atoms with E-state index < -0.39 is 0 Å². The molecule has 0 aliphatic rings. The first-order valence-electron chi connectivity index (χ1n) is 7.56. The number of esters is 1. The van der Waals surface area contributed by atoms with Gasteiger partial charge in [-0.05, 0) is 18.4 Å². The van der Waals surface area contributed by atoms with E-state index in [0.717, 1.165) is 19.3 Å². The lowest BCUT2D eigenvalue weighted by atomic mass is 10.1. The van der Waals surface area contributed by atoms with Crippen molar-refractivity contribution in [3.05, 3.63) is 35.9 Å². The van der Waals surface area contributed by atoms with E-state index in [9.17, 15) is 9.59 Å². The van der Waals surface area contributed by atoms with E-state index in [1.165, 1.54) is 12.7 Å². The highest BCUT2D eigenvalue weighted by Crippen LogP contribution is 2.06. The first-order valence-corrected chi connectivity index (χ1v) is 7.56. The second-order valence-corrected chi connectivity index (χ2v) is 5.05. The third-order valence-electron chi connectivity index (χ3n) is 3.42. The molecule has 0 aliphatic heterocycles. The van der Waals surface area contributed by atoms with E-state index in [1.807, 2.05) is 18.2 Å². The molecule has 0 saturated heterocycles. The maximum atomic E-state index is 12.2. The van der Waals surface area contributed by atoms with Crippen LogP contribution in [0.5, 0.6) is 0 Å². The van der Waals surface area contributed by atoms with Gasteiger partial charge in [-0.2, -0.15) is 0 Å². The highest BCUT2D eigenvalue weighted by Gasteiger charge is 2.14. The van der Waals surface area contributed by atoms with Crippen LogP contribution < -0.4 is 0 Å². The summed E-state index contributed by atoms with van der Waals surface area (Å²) in [6, 6.07) is 10.1. The van der Waals surface area contributed by atoms with Gasteiger partial charge in [0.05, 0.1) is 13.5 Å². The molecule has 4 heteroatoms. The molecule has 0 radical (unpaired) electrons. The van der Waals surface area contributed by atoms with E-state index >= 15 is 0 Å². The van der Waals surface area contributed by atoms with Gasteiger partial charge in [-0.15, -0.1) is 0 Å². The van der Waals surface area contributed by atoms with Crippen LogP contribution in [0, 0.1) is 0 Å².